The van der Waals surface area contributed by atoms with Gasteiger partial charge in [-0.3, -0.25) is 9.67 Å². The van der Waals surface area contributed by atoms with Gasteiger partial charge in [0.1, 0.15) is 0 Å². The first-order chi connectivity index (χ1) is 10.4. The van der Waals surface area contributed by atoms with Gasteiger partial charge in [-0.25, -0.2) is 0 Å². The van der Waals surface area contributed by atoms with Crippen LogP contribution >= 0.6 is 0 Å². The van der Waals surface area contributed by atoms with Gasteiger partial charge in [-0.2, -0.15) is 5.10 Å². The summed E-state index contributed by atoms with van der Waals surface area (Å²) in [7, 11) is 3.79. The van der Waals surface area contributed by atoms with Crippen molar-refractivity contribution in [1.82, 2.24) is 20.0 Å². The van der Waals surface area contributed by atoms with Gasteiger partial charge in [-0.15, -0.1) is 0 Å². The molecule has 1 aromatic heterocycles. The highest BCUT2D eigenvalue weighted by Gasteiger charge is 2.25. The number of guanidine groups is 1. The average Bonchev–Trinajstić information content (AvgIpc) is 2.85. The van der Waals surface area contributed by atoms with Crippen molar-refractivity contribution >= 4 is 5.96 Å². The van der Waals surface area contributed by atoms with E-state index in [0.717, 1.165) is 44.1 Å². The van der Waals surface area contributed by atoms with Crippen LogP contribution in [-0.4, -0.2) is 52.5 Å². The molecule has 0 bridgehead atoms. The summed E-state index contributed by atoms with van der Waals surface area (Å²) in [6.07, 6.45) is 4.26. The Morgan fingerprint density at radius 1 is 1.41 bits per heavy atom. The van der Waals surface area contributed by atoms with Crippen LogP contribution in [0, 0.1) is 0 Å². The molecule has 1 fully saturated rings. The zero-order chi connectivity index (χ0) is 16.2. The Hall–Kier alpha value is -1.56. The van der Waals surface area contributed by atoms with E-state index in [2.05, 4.69) is 41.1 Å². The Morgan fingerprint density at radius 2 is 2.09 bits per heavy atom. The van der Waals surface area contributed by atoms with Crippen LogP contribution in [0.15, 0.2) is 17.3 Å². The number of aliphatic imine (C=N–C) groups is 1. The number of rotatable bonds is 3. The van der Waals surface area contributed by atoms with Crippen LogP contribution in [0.1, 0.15) is 39.3 Å². The smallest absolute Gasteiger partial charge is 0.193 e. The summed E-state index contributed by atoms with van der Waals surface area (Å²) in [5.74, 6) is 0.954. The van der Waals surface area contributed by atoms with Gasteiger partial charge in [-0.1, -0.05) is 0 Å². The standard InChI is InChI=1S/C16H29N5O/c1-16(2,3)22-14-7-10-21(11-8-14)15(17-4)18-12-13-6-9-19-20(13)5/h6,9,14H,7-8,10-12H2,1-5H3,(H,17,18). The highest BCUT2D eigenvalue weighted by molar-refractivity contribution is 5.79. The third-order valence-electron chi connectivity index (χ3n) is 3.82. The number of piperidine rings is 1. The van der Waals surface area contributed by atoms with E-state index >= 15 is 0 Å². The topological polar surface area (TPSA) is 54.7 Å². The van der Waals surface area contributed by atoms with Crippen LogP contribution in [-0.2, 0) is 18.3 Å². The number of nitrogens with one attached hydrogen (secondary N) is 1. The highest BCUT2D eigenvalue weighted by atomic mass is 16.5. The van der Waals surface area contributed by atoms with Gasteiger partial charge in [0, 0.05) is 33.4 Å². The van der Waals surface area contributed by atoms with E-state index in [1.54, 1.807) is 0 Å². The molecular weight excluding hydrogens is 278 g/mol. The summed E-state index contributed by atoms with van der Waals surface area (Å²) in [5.41, 5.74) is 1.08. The lowest BCUT2D eigenvalue weighted by Crippen LogP contribution is -2.47. The van der Waals surface area contributed by atoms with Crippen LogP contribution in [0.2, 0.25) is 0 Å². The minimum absolute atomic E-state index is 0.0632. The molecule has 2 heterocycles. The Balaban J connectivity index is 1.82. The minimum atomic E-state index is -0.0632. The second kappa shape index (κ2) is 7.13. The Kier molecular flexibility index (Phi) is 5.45. The fourth-order valence-electron chi connectivity index (χ4n) is 2.76. The van der Waals surface area contributed by atoms with E-state index in [-0.39, 0.29) is 5.60 Å². The molecule has 1 aliphatic heterocycles. The molecule has 0 spiro atoms. The zero-order valence-corrected chi connectivity index (χ0v) is 14.5. The number of likely N-dealkylation sites (tertiary alicyclic amines) is 1. The number of aryl methyl sites for hydroxylation is 1. The predicted molar refractivity (Wildman–Crippen MR) is 88.8 cm³/mol. The fourth-order valence-corrected chi connectivity index (χ4v) is 2.76. The molecule has 0 aliphatic carbocycles. The molecule has 0 atom stereocenters. The maximum atomic E-state index is 6.08. The van der Waals surface area contributed by atoms with Crippen LogP contribution in [0.4, 0.5) is 0 Å². The molecular formula is C16H29N5O. The predicted octanol–water partition coefficient (Wildman–Crippen LogP) is 1.77. The summed E-state index contributed by atoms with van der Waals surface area (Å²) in [6, 6.07) is 2.02. The summed E-state index contributed by atoms with van der Waals surface area (Å²) in [4.78, 5) is 6.71. The lowest BCUT2D eigenvalue weighted by molar-refractivity contribution is -0.0772. The second-order valence-corrected chi connectivity index (χ2v) is 6.76. The number of nitrogens with zero attached hydrogens (tertiary/aromatic N) is 4. The molecule has 0 amide bonds. The minimum Gasteiger partial charge on any atom is -0.372 e. The summed E-state index contributed by atoms with van der Waals surface area (Å²) in [6.45, 7) is 9.05. The van der Waals surface area contributed by atoms with Crippen molar-refractivity contribution in [2.45, 2.75) is 51.9 Å². The van der Waals surface area contributed by atoms with E-state index in [0.29, 0.717) is 6.10 Å². The third-order valence-corrected chi connectivity index (χ3v) is 3.82. The van der Waals surface area contributed by atoms with Crippen molar-refractivity contribution in [2.75, 3.05) is 20.1 Å². The highest BCUT2D eigenvalue weighted by Crippen LogP contribution is 2.20. The van der Waals surface area contributed by atoms with Crippen molar-refractivity contribution in [3.63, 3.8) is 0 Å². The van der Waals surface area contributed by atoms with E-state index in [1.807, 2.05) is 31.0 Å². The third kappa shape index (κ3) is 4.73. The molecule has 1 aliphatic rings. The van der Waals surface area contributed by atoms with Gasteiger partial charge in [0.05, 0.1) is 23.9 Å². The van der Waals surface area contributed by atoms with Crippen LogP contribution < -0.4 is 5.32 Å². The normalized spacial score (nSPS) is 17.9. The molecule has 0 saturated carbocycles. The van der Waals surface area contributed by atoms with Gasteiger partial charge in [0.15, 0.2) is 5.96 Å². The van der Waals surface area contributed by atoms with Crippen LogP contribution in [0.25, 0.3) is 0 Å². The first-order valence-electron chi connectivity index (χ1n) is 7.99. The SMILES string of the molecule is CN=C(NCc1ccnn1C)N1CCC(OC(C)(C)C)CC1. The molecule has 124 valence electrons. The molecule has 0 aromatic carbocycles. The molecule has 0 unspecified atom stereocenters. The van der Waals surface area contributed by atoms with E-state index < -0.39 is 0 Å². The van der Waals surface area contributed by atoms with Crippen molar-refractivity contribution in [3.05, 3.63) is 18.0 Å². The number of ether oxygens (including phenoxy) is 1. The van der Waals surface area contributed by atoms with Gasteiger partial charge in [0.2, 0.25) is 0 Å². The monoisotopic (exact) mass is 307 g/mol. The van der Waals surface area contributed by atoms with Crippen LogP contribution in [0.5, 0.6) is 0 Å². The molecule has 1 saturated heterocycles. The van der Waals surface area contributed by atoms with Gasteiger partial charge >= 0.3 is 0 Å². The van der Waals surface area contributed by atoms with E-state index in [4.69, 9.17) is 4.74 Å². The van der Waals surface area contributed by atoms with Gasteiger partial charge in [-0.05, 0) is 39.7 Å². The maximum Gasteiger partial charge on any atom is 0.193 e. The lowest BCUT2D eigenvalue weighted by Gasteiger charge is -2.36. The Morgan fingerprint density at radius 3 is 2.59 bits per heavy atom. The first kappa shape index (κ1) is 16.8. The quantitative estimate of drug-likeness (QED) is 0.683. The number of hydrogen-bond donors (Lipinski definition) is 1. The largest absolute Gasteiger partial charge is 0.372 e. The average molecular weight is 307 g/mol. The molecule has 6 nitrogen and oxygen atoms in total. The van der Waals surface area contributed by atoms with Crippen molar-refractivity contribution < 1.29 is 4.74 Å². The Bertz CT molecular complexity index is 495. The zero-order valence-electron chi connectivity index (χ0n) is 14.5. The fraction of sp³-hybridized carbons (Fsp3) is 0.750. The summed E-state index contributed by atoms with van der Waals surface area (Å²) >= 11 is 0. The second-order valence-electron chi connectivity index (χ2n) is 6.76. The summed E-state index contributed by atoms with van der Waals surface area (Å²) in [5, 5.41) is 7.60. The van der Waals surface area contributed by atoms with Crippen molar-refractivity contribution in [2.24, 2.45) is 12.0 Å². The van der Waals surface area contributed by atoms with Crippen LogP contribution in [0.3, 0.4) is 0 Å². The summed E-state index contributed by atoms with van der Waals surface area (Å²) < 4.78 is 7.96. The molecule has 22 heavy (non-hydrogen) atoms. The Labute approximate surface area is 133 Å². The maximum absolute atomic E-state index is 6.08. The molecule has 2 rings (SSSR count). The van der Waals surface area contributed by atoms with E-state index in [1.165, 1.54) is 0 Å². The van der Waals surface area contributed by atoms with Crippen molar-refractivity contribution in [1.29, 1.82) is 0 Å². The number of hydrogen-bond acceptors (Lipinski definition) is 3. The molecule has 1 aromatic rings. The van der Waals surface area contributed by atoms with E-state index in [9.17, 15) is 0 Å². The van der Waals surface area contributed by atoms with Gasteiger partial charge < -0.3 is 15.0 Å². The lowest BCUT2D eigenvalue weighted by atomic mass is 10.1. The van der Waals surface area contributed by atoms with Gasteiger partial charge in [0.25, 0.3) is 0 Å². The molecule has 1 N–H and O–H groups in total. The number of aromatic nitrogens is 2. The molecule has 0 radical (unpaired) electrons. The first-order valence-corrected chi connectivity index (χ1v) is 7.99. The van der Waals surface area contributed by atoms with Crippen molar-refractivity contribution in [3.8, 4) is 0 Å². The molecule has 6 heteroatoms.